The van der Waals surface area contributed by atoms with Crippen LogP contribution in [0, 0.1) is 0 Å². The second kappa shape index (κ2) is 4.87. The molecular weight excluding hydrogens is 236 g/mol. The highest BCUT2D eigenvalue weighted by atomic mass is 16.5. The van der Waals surface area contributed by atoms with Gasteiger partial charge >= 0.3 is 5.97 Å². The molecule has 94 valence electrons. The van der Waals surface area contributed by atoms with Gasteiger partial charge in [0.1, 0.15) is 5.75 Å². The lowest BCUT2D eigenvalue weighted by Gasteiger charge is -2.04. The van der Waals surface area contributed by atoms with Gasteiger partial charge in [-0.2, -0.15) is 0 Å². The molecule has 6 heteroatoms. The van der Waals surface area contributed by atoms with Crippen LogP contribution in [0.15, 0.2) is 23.0 Å². The Kier molecular flexibility index (Phi) is 3.27. The van der Waals surface area contributed by atoms with E-state index in [1.54, 1.807) is 25.1 Å². The molecule has 0 atom stereocenters. The fraction of sp³-hybridized carbons (Fsp3) is 0.250. The van der Waals surface area contributed by atoms with E-state index in [-0.39, 0.29) is 12.4 Å². The smallest absolute Gasteiger partial charge is 0.374 e. The number of methoxy groups -OCH3 is 1. The minimum atomic E-state index is -0.646. The number of nitrogens with one attached hydrogen (secondary N) is 1. The number of aromatic nitrogens is 2. The molecule has 0 aliphatic heterocycles. The number of ether oxygens (including phenoxy) is 2. The molecule has 0 fully saturated rings. The Hall–Kier alpha value is -2.37. The number of aromatic amines is 1. The normalized spacial score (nSPS) is 10.3. The number of rotatable bonds is 3. The summed E-state index contributed by atoms with van der Waals surface area (Å²) in [5.41, 5.74) is 0.0181. The molecule has 2 rings (SSSR count). The molecule has 6 nitrogen and oxygen atoms in total. The highest BCUT2D eigenvalue weighted by molar-refractivity contribution is 5.88. The van der Waals surface area contributed by atoms with Gasteiger partial charge in [-0.05, 0) is 25.1 Å². The number of carbonyl (C=O) groups is 1. The minimum Gasteiger partial charge on any atom is -0.497 e. The average molecular weight is 248 g/mol. The first-order valence-electron chi connectivity index (χ1n) is 5.41. The first-order valence-corrected chi connectivity index (χ1v) is 5.41. The fourth-order valence-corrected chi connectivity index (χ4v) is 1.54. The van der Waals surface area contributed by atoms with Crippen LogP contribution in [0.3, 0.4) is 0 Å². The zero-order valence-corrected chi connectivity index (χ0v) is 10.0. The number of hydrogen-bond donors (Lipinski definition) is 1. The molecule has 1 N–H and O–H groups in total. The van der Waals surface area contributed by atoms with E-state index in [9.17, 15) is 9.59 Å². The summed E-state index contributed by atoms with van der Waals surface area (Å²) in [6.07, 6.45) is 0. The second-order valence-electron chi connectivity index (χ2n) is 3.52. The van der Waals surface area contributed by atoms with Gasteiger partial charge in [0.2, 0.25) is 5.82 Å². The molecule has 0 unspecified atom stereocenters. The molecule has 0 aliphatic carbocycles. The van der Waals surface area contributed by atoms with Crippen molar-refractivity contribution in [2.24, 2.45) is 0 Å². The lowest BCUT2D eigenvalue weighted by atomic mass is 10.2. The molecule has 1 aromatic heterocycles. The van der Waals surface area contributed by atoms with Gasteiger partial charge in [0.25, 0.3) is 5.56 Å². The topological polar surface area (TPSA) is 81.3 Å². The van der Waals surface area contributed by atoms with Crippen LogP contribution in [-0.2, 0) is 4.74 Å². The molecule has 0 saturated carbocycles. The van der Waals surface area contributed by atoms with Crippen molar-refractivity contribution in [3.05, 3.63) is 34.4 Å². The third-order valence-electron chi connectivity index (χ3n) is 2.38. The van der Waals surface area contributed by atoms with Crippen molar-refractivity contribution < 1.29 is 14.3 Å². The molecule has 1 heterocycles. The van der Waals surface area contributed by atoms with Gasteiger partial charge in [-0.1, -0.05) is 0 Å². The number of H-pyrrole nitrogens is 1. The number of hydrogen-bond acceptors (Lipinski definition) is 5. The molecule has 0 amide bonds. The summed E-state index contributed by atoms with van der Waals surface area (Å²) in [5, 5.41) is 0.363. The largest absolute Gasteiger partial charge is 0.497 e. The third-order valence-corrected chi connectivity index (χ3v) is 2.38. The summed E-state index contributed by atoms with van der Waals surface area (Å²) in [7, 11) is 1.51. The summed E-state index contributed by atoms with van der Waals surface area (Å²) in [4.78, 5) is 29.7. The molecule has 0 spiro atoms. The number of fused-ring (bicyclic) bond motifs is 1. The third kappa shape index (κ3) is 2.17. The summed E-state index contributed by atoms with van der Waals surface area (Å²) in [6, 6.07) is 4.85. The van der Waals surface area contributed by atoms with E-state index in [0.29, 0.717) is 16.7 Å². The van der Waals surface area contributed by atoms with Crippen LogP contribution in [0.4, 0.5) is 0 Å². The molecule has 0 radical (unpaired) electrons. The lowest BCUT2D eigenvalue weighted by molar-refractivity contribution is 0.0512. The van der Waals surface area contributed by atoms with Gasteiger partial charge in [0.15, 0.2) is 0 Å². The van der Waals surface area contributed by atoms with Crippen LogP contribution >= 0.6 is 0 Å². The van der Waals surface area contributed by atoms with E-state index in [4.69, 9.17) is 9.47 Å². The molecular formula is C12H12N2O4. The van der Waals surface area contributed by atoms with Crippen molar-refractivity contribution in [3.8, 4) is 5.75 Å². The Morgan fingerprint density at radius 3 is 2.89 bits per heavy atom. The summed E-state index contributed by atoms with van der Waals surface area (Å²) >= 11 is 0. The van der Waals surface area contributed by atoms with E-state index in [1.165, 1.54) is 7.11 Å². The van der Waals surface area contributed by atoms with Crippen LogP contribution in [0.2, 0.25) is 0 Å². The fourth-order valence-electron chi connectivity index (χ4n) is 1.54. The predicted octanol–water partition coefficient (Wildman–Crippen LogP) is 1.11. The molecule has 2 aromatic rings. The Bertz CT molecular complexity index is 648. The predicted molar refractivity (Wildman–Crippen MR) is 64.9 cm³/mol. The minimum absolute atomic E-state index is 0.0977. The molecule has 0 saturated heterocycles. The van der Waals surface area contributed by atoms with Gasteiger partial charge < -0.3 is 14.5 Å². The first-order chi connectivity index (χ1) is 8.65. The molecule has 0 aliphatic rings. The zero-order valence-electron chi connectivity index (χ0n) is 10.0. The second-order valence-corrected chi connectivity index (χ2v) is 3.52. The maximum absolute atomic E-state index is 11.8. The summed E-state index contributed by atoms with van der Waals surface area (Å²) < 4.78 is 9.80. The Balaban J connectivity index is 2.57. The Morgan fingerprint density at radius 1 is 1.44 bits per heavy atom. The Morgan fingerprint density at radius 2 is 2.22 bits per heavy atom. The van der Waals surface area contributed by atoms with Crippen LogP contribution < -0.4 is 10.3 Å². The molecule has 18 heavy (non-hydrogen) atoms. The Labute approximate surface area is 103 Å². The highest BCUT2D eigenvalue weighted by Crippen LogP contribution is 2.16. The number of esters is 1. The van der Waals surface area contributed by atoms with Crippen molar-refractivity contribution in [2.75, 3.05) is 13.7 Å². The van der Waals surface area contributed by atoms with Crippen molar-refractivity contribution in [3.63, 3.8) is 0 Å². The maximum atomic E-state index is 11.8. The molecule has 1 aromatic carbocycles. The van der Waals surface area contributed by atoms with Gasteiger partial charge in [0.05, 0.1) is 24.6 Å². The quantitative estimate of drug-likeness (QED) is 0.823. The van der Waals surface area contributed by atoms with E-state index in [0.717, 1.165) is 0 Å². The standard InChI is InChI=1S/C12H12N2O4/c1-3-18-12(16)10-13-9-5-4-7(17-2)6-8(9)11(15)14-10/h4-6H,3H2,1-2H3,(H,13,14,15). The average Bonchev–Trinajstić information content (AvgIpc) is 2.38. The first kappa shape index (κ1) is 12.1. The van der Waals surface area contributed by atoms with Crippen LogP contribution in [-0.4, -0.2) is 29.7 Å². The SMILES string of the molecule is CCOC(=O)c1nc2ccc(OC)cc2c(=O)[nH]1. The van der Waals surface area contributed by atoms with Crippen molar-refractivity contribution in [1.29, 1.82) is 0 Å². The van der Waals surface area contributed by atoms with E-state index in [1.807, 2.05) is 0 Å². The van der Waals surface area contributed by atoms with Gasteiger partial charge in [0, 0.05) is 0 Å². The lowest BCUT2D eigenvalue weighted by Crippen LogP contribution is -2.17. The highest BCUT2D eigenvalue weighted by Gasteiger charge is 2.12. The number of benzene rings is 1. The zero-order chi connectivity index (χ0) is 13.1. The number of carbonyl (C=O) groups excluding carboxylic acids is 1. The van der Waals surface area contributed by atoms with Crippen molar-refractivity contribution >= 4 is 16.9 Å². The van der Waals surface area contributed by atoms with Crippen LogP contribution in [0.5, 0.6) is 5.75 Å². The molecule has 0 bridgehead atoms. The monoisotopic (exact) mass is 248 g/mol. The summed E-state index contributed by atoms with van der Waals surface area (Å²) in [6.45, 7) is 1.91. The van der Waals surface area contributed by atoms with Gasteiger partial charge in [-0.3, -0.25) is 4.79 Å². The van der Waals surface area contributed by atoms with Crippen molar-refractivity contribution in [1.82, 2.24) is 9.97 Å². The summed E-state index contributed by atoms with van der Waals surface area (Å²) in [5.74, 6) is -0.189. The van der Waals surface area contributed by atoms with Crippen LogP contribution in [0.25, 0.3) is 10.9 Å². The van der Waals surface area contributed by atoms with E-state index < -0.39 is 11.5 Å². The van der Waals surface area contributed by atoms with E-state index >= 15 is 0 Å². The van der Waals surface area contributed by atoms with Gasteiger partial charge in [-0.15, -0.1) is 0 Å². The van der Waals surface area contributed by atoms with Crippen molar-refractivity contribution in [2.45, 2.75) is 6.92 Å². The van der Waals surface area contributed by atoms with Crippen LogP contribution in [0.1, 0.15) is 17.5 Å². The maximum Gasteiger partial charge on any atom is 0.374 e. The van der Waals surface area contributed by atoms with Gasteiger partial charge in [-0.25, -0.2) is 9.78 Å². The number of nitrogens with zero attached hydrogens (tertiary/aromatic N) is 1. The van der Waals surface area contributed by atoms with E-state index in [2.05, 4.69) is 9.97 Å².